The van der Waals surface area contributed by atoms with Gasteiger partial charge in [0.2, 0.25) is 0 Å². The lowest BCUT2D eigenvalue weighted by atomic mass is 10.1. The first-order valence-electron chi connectivity index (χ1n) is 9.72. The second-order valence-corrected chi connectivity index (χ2v) is 8.93. The van der Waals surface area contributed by atoms with Crippen LogP contribution in [0.5, 0.6) is 0 Å². The van der Waals surface area contributed by atoms with Crippen molar-refractivity contribution in [2.45, 2.75) is 76.1 Å². The molecule has 0 aromatic heterocycles. The van der Waals surface area contributed by atoms with Gasteiger partial charge in [0, 0.05) is 24.6 Å². The van der Waals surface area contributed by atoms with Gasteiger partial charge < -0.3 is 14.4 Å². The molecule has 0 spiro atoms. The van der Waals surface area contributed by atoms with Crippen LogP contribution in [0.25, 0.3) is 0 Å². The fraction of sp³-hybridized carbons (Fsp3) is 0.778. The molecule has 0 aliphatic rings. The zero-order valence-electron chi connectivity index (χ0n) is 18.7. The Morgan fingerprint density at radius 1 is 1.06 bits per heavy atom. The number of hydrogen-bond acceptors (Lipinski definition) is 6. The lowest BCUT2D eigenvalue weighted by Gasteiger charge is -2.38. The van der Waals surface area contributed by atoms with Crippen molar-refractivity contribution in [3.63, 3.8) is 0 Å². The molecule has 0 saturated heterocycles. The van der Waals surface area contributed by atoms with E-state index in [-0.39, 0.29) is 6.54 Å². The molecule has 1 unspecified atom stereocenters. The normalized spacial score (nSPS) is 15.1. The van der Waals surface area contributed by atoms with Gasteiger partial charge >= 0.3 is 45.1 Å². The van der Waals surface area contributed by atoms with Crippen LogP contribution in [-0.4, -0.2) is 72.1 Å². The monoisotopic (exact) mass is 533 g/mol. The topological polar surface area (TPSA) is 110 Å². The van der Waals surface area contributed by atoms with Gasteiger partial charge in [-0.1, -0.05) is 6.58 Å². The molecule has 0 aliphatic heterocycles. The van der Waals surface area contributed by atoms with Gasteiger partial charge in [-0.3, -0.25) is 9.35 Å². The van der Waals surface area contributed by atoms with Gasteiger partial charge in [0.25, 0.3) is 0 Å². The summed E-state index contributed by atoms with van der Waals surface area (Å²) in [4.78, 5) is 25.3. The van der Waals surface area contributed by atoms with Crippen molar-refractivity contribution in [3.8, 4) is 0 Å². The SMILES string of the molecule is C=C(C)C(=O)OC(OCCCCC(F)(F)C(F)(F)S(=O)(=O)O)(C(=O)N(CC)C(C)C)C(F)(F)F. The van der Waals surface area contributed by atoms with Gasteiger partial charge in [0.05, 0.1) is 6.61 Å². The third-order valence-corrected chi connectivity index (χ3v) is 5.35. The van der Waals surface area contributed by atoms with Crippen molar-refractivity contribution >= 4 is 22.0 Å². The number of amides is 1. The minimum absolute atomic E-state index is 0.265. The fourth-order valence-electron chi connectivity index (χ4n) is 2.54. The maximum Gasteiger partial charge on any atom is 0.466 e. The van der Waals surface area contributed by atoms with E-state index in [2.05, 4.69) is 16.1 Å². The number of carbonyl (C=O) groups excluding carboxylic acids is 2. The van der Waals surface area contributed by atoms with E-state index in [1.54, 1.807) is 0 Å². The Kier molecular flexibility index (Phi) is 10.6. The van der Waals surface area contributed by atoms with Crippen LogP contribution >= 0.6 is 0 Å². The maximum atomic E-state index is 14.0. The lowest BCUT2D eigenvalue weighted by molar-refractivity contribution is -0.351. The molecule has 0 aliphatic carbocycles. The van der Waals surface area contributed by atoms with Gasteiger partial charge in [-0.05, 0) is 40.5 Å². The van der Waals surface area contributed by atoms with Crippen LogP contribution in [0.3, 0.4) is 0 Å². The predicted molar refractivity (Wildman–Crippen MR) is 103 cm³/mol. The van der Waals surface area contributed by atoms with E-state index in [4.69, 9.17) is 4.55 Å². The van der Waals surface area contributed by atoms with Crippen molar-refractivity contribution in [1.82, 2.24) is 4.90 Å². The largest absolute Gasteiger partial charge is 0.466 e. The van der Waals surface area contributed by atoms with Crippen molar-refractivity contribution in [2.24, 2.45) is 0 Å². The quantitative estimate of drug-likeness (QED) is 0.0954. The minimum atomic E-state index is -6.48. The molecule has 16 heteroatoms. The third-order valence-electron chi connectivity index (χ3n) is 4.40. The number of likely N-dealkylation sites (N-methyl/N-ethyl adjacent to an activating group) is 1. The van der Waals surface area contributed by atoms with Gasteiger partial charge in [0.15, 0.2) is 0 Å². The first-order valence-corrected chi connectivity index (χ1v) is 11.2. The number of carbonyl (C=O) groups is 2. The maximum absolute atomic E-state index is 14.0. The minimum Gasteiger partial charge on any atom is -0.412 e. The smallest absolute Gasteiger partial charge is 0.412 e. The number of rotatable bonds is 13. The fourth-order valence-corrected chi connectivity index (χ4v) is 3.02. The van der Waals surface area contributed by atoms with Crippen molar-refractivity contribution in [1.29, 1.82) is 0 Å². The predicted octanol–water partition coefficient (Wildman–Crippen LogP) is 3.92. The summed E-state index contributed by atoms with van der Waals surface area (Å²) in [6, 6.07) is -0.812. The molecule has 8 nitrogen and oxygen atoms in total. The number of nitrogens with zero attached hydrogens (tertiary/aromatic N) is 1. The number of hydrogen-bond donors (Lipinski definition) is 1. The van der Waals surface area contributed by atoms with Gasteiger partial charge in [-0.15, -0.1) is 0 Å². The van der Waals surface area contributed by atoms with Crippen LogP contribution in [0.15, 0.2) is 12.2 Å². The molecule has 0 aromatic rings. The lowest BCUT2D eigenvalue weighted by Crippen LogP contribution is -2.63. The molecule has 0 bridgehead atoms. The van der Waals surface area contributed by atoms with E-state index in [0.29, 0.717) is 4.90 Å². The summed E-state index contributed by atoms with van der Waals surface area (Å²) < 4.78 is 134. The molecule has 1 atom stereocenters. The highest BCUT2D eigenvalue weighted by Crippen LogP contribution is 2.42. The first kappa shape index (κ1) is 32.1. The third kappa shape index (κ3) is 7.04. The van der Waals surface area contributed by atoms with Crippen molar-refractivity contribution in [2.75, 3.05) is 13.2 Å². The number of esters is 1. The number of ether oxygens (including phenoxy) is 2. The highest BCUT2D eigenvalue weighted by atomic mass is 32.2. The molecular formula is C18H26F7NO7S. The van der Waals surface area contributed by atoms with Crippen LogP contribution in [0.4, 0.5) is 30.7 Å². The van der Waals surface area contributed by atoms with Gasteiger partial charge in [-0.25, -0.2) is 4.79 Å². The van der Waals surface area contributed by atoms with E-state index in [1.165, 1.54) is 20.8 Å². The average Bonchev–Trinajstić information content (AvgIpc) is 2.64. The van der Waals surface area contributed by atoms with Crippen LogP contribution < -0.4 is 0 Å². The Labute approximate surface area is 191 Å². The Hall–Kier alpha value is -1.94. The van der Waals surface area contributed by atoms with Crippen LogP contribution in [0, 0.1) is 0 Å². The molecular weight excluding hydrogens is 507 g/mol. The molecule has 1 N–H and O–H groups in total. The Morgan fingerprint density at radius 2 is 1.56 bits per heavy atom. The van der Waals surface area contributed by atoms with Gasteiger partial charge in [0.1, 0.15) is 0 Å². The Bertz CT molecular complexity index is 859. The van der Waals surface area contributed by atoms with Crippen LogP contribution in [0.1, 0.15) is 47.0 Å². The zero-order valence-corrected chi connectivity index (χ0v) is 19.5. The zero-order chi connectivity index (χ0) is 27.3. The molecule has 1 amide bonds. The highest BCUT2D eigenvalue weighted by molar-refractivity contribution is 7.87. The summed E-state index contributed by atoms with van der Waals surface area (Å²) in [5, 5.41) is -5.84. The van der Waals surface area contributed by atoms with E-state index in [9.17, 15) is 48.7 Å². The van der Waals surface area contributed by atoms with Gasteiger partial charge in [-0.2, -0.15) is 39.2 Å². The van der Waals surface area contributed by atoms with E-state index in [0.717, 1.165) is 6.92 Å². The number of halogens is 7. The summed E-state index contributed by atoms with van der Waals surface area (Å²) in [6.07, 6.45) is -9.36. The van der Waals surface area contributed by atoms with Crippen LogP contribution in [0.2, 0.25) is 0 Å². The number of alkyl halides is 7. The highest BCUT2D eigenvalue weighted by Gasteiger charge is 2.68. The Morgan fingerprint density at radius 3 is 1.91 bits per heavy atom. The van der Waals surface area contributed by atoms with Crippen molar-refractivity contribution < 1.29 is 62.8 Å². The average molecular weight is 533 g/mol. The van der Waals surface area contributed by atoms with E-state index < -0.39 is 82.6 Å². The molecule has 0 aromatic carbocycles. The summed E-state index contributed by atoms with van der Waals surface area (Å²) in [7, 11) is -6.48. The molecule has 0 heterocycles. The second kappa shape index (κ2) is 11.2. The van der Waals surface area contributed by atoms with Crippen LogP contribution in [-0.2, 0) is 29.2 Å². The van der Waals surface area contributed by atoms with E-state index in [1.807, 2.05) is 0 Å². The number of unbranched alkanes of at least 4 members (excludes halogenated alkanes) is 1. The molecule has 0 rings (SSSR count). The molecule has 34 heavy (non-hydrogen) atoms. The molecule has 200 valence electrons. The van der Waals surface area contributed by atoms with E-state index >= 15 is 0 Å². The molecule has 0 fully saturated rings. The summed E-state index contributed by atoms with van der Waals surface area (Å²) in [5.74, 6) is -12.9. The second-order valence-electron chi connectivity index (χ2n) is 7.47. The summed E-state index contributed by atoms with van der Waals surface area (Å²) in [5.41, 5.74) is -0.523. The molecule has 0 saturated carbocycles. The van der Waals surface area contributed by atoms with Crippen molar-refractivity contribution in [3.05, 3.63) is 12.2 Å². The first-order chi connectivity index (χ1) is 15.1. The standard InChI is InChI=1S/C18H26F7NO7S/c1-6-26(12(4)5)14(28)16(17(21,22)23,33-13(27)11(2)3)32-10-8-7-9-15(19,20)18(24,25)34(29,30)31/h12H,2,6-10H2,1,3-5H3,(H,29,30,31). The molecule has 0 radical (unpaired) electrons. The Balaban J connectivity index is 5.82. The summed E-state index contributed by atoms with van der Waals surface area (Å²) in [6.45, 7) is 6.71. The summed E-state index contributed by atoms with van der Waals surface area (Å²) >= 11 is 0.